The summed E-state index contributed by atoms with van der Waals surface area (Å²) in [7, 11) is 1.86. The molecule has 0 aliphatic rings. The van der Waals surface area contributed by atoms with Crippen molar-refractivity contribution in [1.29, 1.82) is 0 Å². The number of carbonyl (C=O) groups excluding carboxylic acids is 1. The Morgan fingerprint density at radius 2 is 2.08 bits per heavy atom. The lowest BCUT2D eigenvalue weighted by molar-refractivity contribution is -0.0498. The number of alkyl halides is 2. The van der Waals surface area contributed by atoms with E-state index in [0.717, 1.165) is 21.5 Å². The fraction of sp³-hybridized carbons (Fsp3) is 0.294. The van der Waals surface area contributed by atoms with E-state index in [-0.39, 0.29) is 11.7 Å². The molecule has 0 unspecified atom stereocenters. The molecule has 0 spiro atoms. The van der Waals surface area contributed by atoms with Crippen LogP contribution in [-0.2, 0) is 13.5 Å². The third kappa shape index (κ3) is 3.96. The molecule has 3 aromatic rings. The second-order valence-electron chi connectivity index (χ2n) is 5.57. The van der Waals surface area contributed by atoms with Gasteiger partial charge in [0.1, 0.15) is 10.6 Å². The van der Waals surface area contributed by atoms with E-state index in [9.17, 15) is 13.6 Å². The number of nitrogens with one attached hydrogen (secondary N) is 1. The number of aromatic nitrogens is 2. The van der Waals surface area contributed by atoms with E-state index in [1.54, 1.807) is 16.8 Å². The molecule has 1 aromatic carbocycles. The van der Waals surface area contributed by atoms with Crippen LogP contribution >= 0.6 is 11.3 Å². The highest BCUT2D eigenvalue weighted by atomic mass is 32.1. The van der Waals surface area contributed by atoms with Gasteiger partial charge in [-0.2, -0.15) is 13.9 Å². The van der Waals surface area contributed by atoms with Crippen molar-refractivity contribution in [3.63, 3.8) is 0 Å². The van der Waals surface area contributed by atoms with Crippen LogP contribution in [0.4, 0.5) is 8.78 Å². The molecule has 2 heterocycles. The Morgan fingerprint density at radius 1 is 1.36 bits per heavy atom. The summed E-state index contributed by atoms with van der Waals surface area (Å²) in [4.78, 5) is 13.9. The van der Waals surface area contributed by atoms with E-state index in [0.29, 0.717) is 17.8 Å². The van der Waals surface area contributed by atoms with Gasteiger partial charge in [-0.3, -0.25) is 9.48 Å². The van der Waals surface area contributed by atoms with Gasteiger partial charge in [0.2, 0.25) is 0 Å². The molecule has 5 nitrogen and oxygen atoms in total. The number of ether oxygens (including phenoxy) is 1. The van der Waals surface area contributed by atoms with Crippen molar-refractivity contribution >= 4 is 27.5 Å². The fourth-order valence-electron chi connectivity index (χ4n) is 2.56. The number of benzene rings is 1. The molecule has 8 heteroatoms. The lowest BCUT2D eigenvalue weighted by Gasteiger charge is -2.06. The average Bonchev–Trinajstić information content (AvgIpc) is 3.11. The van der Waals surface area contributed by atoms with Gasteiger partial charge in [0, 0.05) is 19.0 Å². The fourth-order valence-corrected chi connectivity index (χ4v) is 3.60. The Labute approximate surface area is 147 Å². The first-order chi connectivity index (χ1) is 11.9. The summed E-state index contributed by atoms with van der Waals surface area (Å²) in [6.45, 7) is -0.456. The molecule has 0 radical (unpaired) electrons. The predicted molar refractivity (Wildman–Crippen MR) is 92.4 cm³/mol. The number of fused-ring (bicyclic) bond motifs is 1. The number of rotatable bonds is 6. The van der Waals surface area contributed by atoms with Crippen molar-refractivity contribution in [2.75, 3.05) is 6.54 Å². The molecule has 25 heavy (non-hydrogen) atoms. The molecule has 0 bridgehead atoms. The first kappa shape index (κ1) is 17.3. The highest BCUT2D eigenvalue weighted by Gasteiger charge is 2.14. The van der Waals surface area contributed by atoms with Crippen molar-refractivity contribution in [1.82, 2.24) is 15.1 Å². The Bertz CT molecular complexity index is 853. The molecular formula is C17H17F2N3O2S. The minimum atomic E-state index is -2.83. The van der Waals surface area contributed by atoms with Gasteiger partial charge in [-0.25, -0.2) is 0 Å². The Balaban J connectivity index is 1.55. The first-order valence-electron chi connectivity index (χ1n) is 7.69. The zero-order valence-electron chi connectivity index (χ0n) is 13.8. The predicted octanol–water partition coefficient (Wildman–Crippen LogP) is 3.52. The van der Waals surface area contributed by atoms with Crippen molar-refractivity contribution in [3.05, 3.63) is 46.5 Å². The monoisotopic (exact) mass is 365 g/mol. The maximum Gasteiger partial charge on any atom is 0.387 e. The van der Waals surface area contributed by atoms with Gasteiger partial charge in [-0.05, 0) is 37.1 Å². The number of thiophene rings is 1. The number of hydrogen-bond acceptors (Lipinski definition) is 4. The van der Waals surface area contributed by atoms with Crippen LogP contribution in [0.3, 0.4) is 0 Å². The van der Waals surface area contributed by atoms with E-state index in [1.165, 1.54) is 23.5 Å². The normalized spacial score (nSPS) is 11.2. The summed E-state index contributed by atoms with van der Waals surface area (Å²) in [5, 5.41) is 8.18. The van der Waals surface area contributed by atoms with E-state index >= 15 is 0 Å². The maximum atomic E-state index is 12.3. The second kappa shape index (κ2) is 7.18. The van der Waals surface area contributed by atoms with E-state index in [4.69, 9.17) is 0 Å². The molecule has 1 N–H and O–H groups in total. The molecular weight excluding hydrogens is 348 g/mol. The lowest BCUT2D eigenvalue weighted by Crippen LogP contribution is -2.24. The summed E-state index contributed by atoms with van der Waals surface area (Å²) in [5.41, 5.74) is 1.83. The van der Waals surface area contributed by atoms with E-state index < -0.39 is 6.61 Å². The zero-order valence-corrected chi connectivity index (χ0v) is 14.6. The van der Waals surface area contributed by atoms with Gasteiger partial charge >= 0.3 is 6.61 Å². The smallest absolute Gasteiger partial charge is 0.387 e. The van der Waals surface area contributed by atoms with Crippen LogP contribution in [0.15, 0.2) is 30.3 Å². The van der Waals surface area contributed by atoms with Crippen LogP contribution in [-0.4, -0.2) is 28.8 Å². The van der Waals surface area contributed by atoms with E-state index in [2.05, 4.69) is 15.2 Å². The third-order valence-electron chi connectivity index (χ3n) is 3.77. The lowest BCUT2D eigenvalue weighted by atomic mass is 10.1. The molecule has 2 aromatic heterocycles. The Kier molecular flexibility index (Phi) is 4.98. The average molecular weight is 365 g/mol. The number of carbonyl (C=O) groups is 1. The first-order valence-corrected chi connectivity index (χ1v) is 8.51. The SMILES string of the molecule is Cc1nn(C)c2sc(C(=O)NCCc3ccc(OC(F)F)cc3)cc12. The van der Waals surface area contributed by atoms with Crippen LogP contribution in [0.25, 0.3) is 10.2 Å². The topological polar surface area (TPSA) is 56.2 Å². The minimum absolute atomic E-state index is 0.122. The number of halogens is 2. The summed E-state index contributed by atoms with van der Waals surface area (Å²) in [5.74, 6) is -0.00436. The summed E-state index contributed by atoms with van der Waals surface area (Å²) < 4.78 is 30.3. The number of nitrogens with zero attached hydrogens (tertiary/aromatic N) is 2. The largest absolute Gasteiger partial charge is 0.435 e. The number of hydrogen-bond donors (Lipinski definition) is 1. The van der Waals surface area contributed by atoms with Gasteiger partial charge < -0.3 is 10.1 Å². The van der Waals surface area contributed by atoms with Crippen LogP contribution in [0.1, 0.15) is 20.9 Å². The standard InChI is InChI=1S/C17H17F2N3O2S/c1-10-13-9-14(25-16(13)22(2)21-10)15(23)20-8-7-11-3-5-12(6-4-11)24-17(18)19/h3-6,9,17H,7-8H2,1-2H3,(H,20,23). The van der Waals surface area contributed by atoms with Gasteiger partial charge in [-0.15, -0.1) is 11.3 Å². The summed E-state index contributed by atoms with van der Waals surface area (Å²) >= 11 is 1.41. The highest BCUT2D eigenvalue weighted by molar-refractivity contribution is 7.20. The Hall–Kier alpha value is -2.48. The molecule has 0 saturated carbocycles. The van der Waals surface area contributed by atoms with Crippen LogP contribution in [0, 0.1) is 6.92 Å². The molecule has 0 fully saturated rings. The quantitative estimate of drug-likeness (QED) is 0.727. The number of amides is 1. The Morgan fingerprint density at radius 3 is 2.72 bits per heavy atom. The van der Waals surface area contributed by atoms with Crippen molar-refractivity contribution in [2.45, 2.75) is 20.0 Å². The zero-order chi connectivity index (χ0) is 18.0. The molecule has 0 aliphatic carbocycles. The molecule has 132 valence electrons. The van der Waals surface area contributed by atoms with Crippen LogP contribution < -0.4 is 10.1 Å². The molecule has 3 rings (SSSR count). The van der Waals surface area contributed by atoms with Gasteiger partial charge in [0.15, 0.2) is 0 Å². The minimum Gasteiger partial charge on any atom is -0.435 e. The third-order valence-corrected chi connectivity index (χ3v) is 4.97. The summed E-state index contributed by atoms with van der Waals surface area (Å²) in [6, 6.07) is 8.25. The van der Waals surface area contributed by atoms with Crippen LogP contribution in [0.5, 0.6) is 5.75 Å². The van der Waals surface area contributed by atoms with Gasteiger partial charge in [-0.1, -0.05) is 12.1 Å². The van der Waals surface area contributed by atoms with Crippen molar-refractivity contribution < 1.29 is 18.3 Å². The van der Waals surface area contributed by atoms with Crippen LogP contribution in [0.2, 0.25) is 0 Å². The molecule has 0 atom stereocenters. The number of aryl methyl sites for hydroxylation is 2. The molecule has 0 saturated heterocycles. The van der Waals surface area contributed by atoms with Crippen molar-refractivity contribution in [3.8, 4) is 5.75 Å². The maximum absolute atomic E-state index is 12.3. The van der Waals surface area contributed by atoms with Gasteiger partial charge in [0.05, 0.1) is 10.6 Å². The van der Waals surface area contributed by atoms with E-state index in [1.807, 2.05) is 20.0 Å². The second-order valence-corrected chi connectivity index (χ2v) is 6.60. The highest BCUT2D eigenvalue weighted by Crippen LogP contribution is 2.27. The summed E-state index contributed by atoms with van der Waals surface area (Å²) in [6.07, 6.45) is 0.603. The van der Waals surface area contributed by atoms with Gasteiger partial charge in [0.25, 0.3) is 5.91 Å². The van der Waals surface area contributed by atoms with Crippen molar-refractivity contribution in [2.24, 2.45) is 7.05 Å². The molecule has 1 amide bonds. The molecule has 0 aliphatic heterocycles.